The van der Waals surface area contributed by atoms with Gasteiger partial charge in [0.15, 0.2) is 15.0 Å². The zero-order valence-electron chi connectivity index (χ0n) is 13.3. The molecule has 1 aliphatic heterocycles. The molecule has 0 unspecified atom stereocenters. The smallest absolute Gasteiger partial charge is 0.338 e. The zero-order chi connectivity index (χ0) is 17.0. The Morgan fingerprint density at radius 3 is 2.78 bits per heavy atom. The molecule has 1 saturated heterocycles. The first-order valence-electron chi connectivity index (χ1n) is 7.65. The number of hydrogen-bond donors (Lipinski definition) is 1. The van der Waals surface area contributed by atoms with Gasteiger partial charge in [-0.1, -0.05) is 18.7 Å². The second-order valence-electron chi connectivity index (χ2n) is 5.49. The van der Waals surface area contributed by atoms with Crippen LogP contribution in [-0.2, 0) is 21.2 Å². The van der Waals surface area contributed by atoms with Crippen LogP contribution in [0.15, 0.2) is 9.95 Å². The lowest BCUT2D eigenvalue weighted by Gasteiger charge is -2.26. The third-order valence-electron chi connectivity index (χ3n) is 3.81. The summed E-state index contributed by atoms with van der Waals surface area (Å²) in [7, 11) is -3.03. The Balaban J connectivity index is 1.99. The SMILES string of the molecule is CCCn1c(SCC(=O)N(CC)[C@@H]2CCS(=O)(=O)C2)n[nH]c1=O. The van der Waals surface area contributed by atoms with E-state index in [0.717, 1.165) is 6.42 Å². The van der Waals surface area contributed by atoms with E-state index in [1.807, 2.05) is 13.8 Å². The minimum absolute atomic E-state index is 0.0419. The predicted molar refractivity (Wildman–Crippen MR) is 88.3 cm³/mol. The van der Waals surface area contributed by atoms with Gasteiger partial charge in [-0.3, -0.25) is 9.36 Å². The van der Waals surface area contributed by atoms with Crippen molar-refractivity contribution < 1.29 is 13.2 Å². The van der Waals surface area contributed by atoms with Gasteiger partial charge >= 0.3 is 5.69 Å². The molecule has 0 saturated carbocycles. The van der Waals surface area contributed by atoms with Crippen molar-refractivity contribution in [2.45, 2.75) is 44.4 Å². The summed E-state index contributed by atoms with van der Waals surface area (Å²) in [5, 5.41) is 6.81. The molecule has 0 bridgehead atoms. The highest BCUT2D eigenvalue weighted by molar-refractivity contribution is 7.99. The molecular formula is C13H22N4O4S2. The molecule has 0 aromatic carbocycles. The maximum absolute atomic E-state index is 12.4. The van der Waals surface area contributed by atoms with Crippen LogP contribution in [0.25, 0.3) is 0 Å². The summed E-state index contributed by atoms with van der Waals surface area (Å²) >= 11 is 1.20. The first-order chi connectivity index (χ1) is 10.9. The quantitative estimate of drug-likeness (QED) is 0.690. The number of aromatic amines is 1. The van der Waals surface area contributed by atoms with Crippen molar-refractivity contribution in [3.63, 3.8) is 0 Å². The van der Waals surface area contributed by atoms with E-state index in [2.05, 4.69) is 10.2 Å². The van der Waals surface area contributed by atoms with Gasteiger partial charge in [-0.05, 0) is 19.8 Å². The van der Waals surface area contributed by atoms with E-state index in [4.69, 9.17) is 0 Å². The lowest BCUT2D eigenvalue weighted by Crippen LogP contribution is -2.42. The van der Waals surface area contributed by atoms with E-state index in [9.17, 15) is 18.0 Å². The molecule has 1 atom stereocenters. The topological polar surface area (TPSA) is 105 Å². The lowest BCUT2D eigenvalue weighted by molar-refractivity contribution is -0.129. The fourth-order valence-corrected chi connectivity index (χ4v) is 5.29. The Bertz CT molecular complexity index is 710. The Morgan fingerprint density at radius 1 is 1.48 bits per heavy atom. The highest BCUT2D eigenvalue weighted by Gasteiger charge is 2.33. The third kappa shape index (κ3) is 4.37. The minimum atomic E-state index is -3.03. The highest BCUT2D eigenvalue weighted by atomic mass is 32.2. The van der Waals surface area contributed by atoms with Crippen LogP contribution in [0.1, 0.15) is 26.7 Å². The number of aromatic nitrogens is 3. The van der Waals surface area contributed by atoms with E-state index >= 15 is 0 Å². The Kier molecular flexibility index (Phi) is 5.90. The van der Waals surface area contributed by atoms with Gasteiger partial charge in [0.2, 0.25) is 5.91 Å². The molecule has 0 spiro atoms. The van der Waals surface area contributed by atoms with Crippen molar-refractivity contribution in [3.05, 3.63) is 10.5 Å². The molecule has 1 aromatic heterocycles. The molecule has 8 nitrogen and oxygen atoms in total. The average Bonchev–Trinajstić information content (AvgIpc) is 3.02. The third-order valence-corrected chi connectivity index (χ3v) is 6.52. The van der Waals surface area contributed by atoms with Crippen molar-refractivity contribution in [1.29, 1.82) is 0 Å². The van der Waals surface area contributed by atoms with Crippen molar-refractivity contribution in [3.8, 4) is 0 Å². The van der Waals surface area contributed by atoms with Gasteiger partial charge in [0.1, 0.15) is 0 Å². The largest absolute Gasteiger partial charge is 0.343 e. The molecule has 1 aliphatic rings. The fraction of sp³-hybridized carbons (Fsp3) is 0.769. The number of hydrogen-bond acceptors (Lipinski definition) is 6. The van der Waals surface area contributed by atoms with Crippen LogP contribution in [0.3, 0.4) is 0 Å². The number of sulfone groups is 1. The standard InChI is InChI=1S/C13H22N4O4S2/c1-3-6-17-12(19)14-15-13(17)22-8-11(18)16(4-2)10-5-7-23(20,21)9-10/h10H,3-9H2,1-2H3,(H,14,19)/t10-/m1/s1. The molecule has 0 aliphatic carbocycles. The van der Waals surface area contributed by atoms with Crippen molar-refractivity contribution in [1.82, 2.24) is 19.7 Å². The van der Waals surface area contributed by atoms with Gasteiger partial charge in [0.25, 0.3) is 0 Å². The minimum Gasteiger partial charge on any atom is -0.338 e. The molecule has 23 heavy (non-hydrogen) atoms. The van der Waals surface area contributed by atoms with Crippen LogP contribution in [0.5, 0.6) is 0 Å². The van der Waals surface area contributed by atoms with E-state index in [0.29, 0.717) is 24.7 Å². The van der Waals surface area contributed by atoms with Crippen LogP contribution in [0.4, 0.5) is 0 Å². The van der Waals surface area contributed by atoms with Crippen LogP contribution in [0.2, 0.25) is 0 Å². The molecule has 2 heterocycles. The van der Waals surface area contributed by atoms with Crippen molar-refractivity contribution in [2.75, 3.05) is 23.8 Å². The van der Waals surface area contributed by atoms with Crippen molar-refractivity contribution in [2.24, 2.45) is 0 Å². The first-order valence-corrected chi connectivity index (χ1v) is 10.5. The molecule has 1 N–H and O–H groups in total. The van der Waals surface area contributed by atoms with Crippen molar-refractivity contribution >= 4 is 27.5 Å². The molecule has 1 amide bonds. The molecular weight excluding hydrogens is 340 g/mol. The second kappa shape index (κ2) is 7.52. The van der Waals surface area contributed by atoms with Gasteiger partial charge in [-0.15, -0.1) is 5.10 Å². The number of rotatable bonds is 7. The summed E-state index contributed by atoms with van der Waals surface area (Å²) in [4.78, 5) is 25.6. The number of nitrogens with zero attached hydrogens (tertiary/aromatic N) is 3. The Morgan fingerprint density at radius 2 is 2.22 bits per heavy atom. The molecule has 0 radical (unpaired) electrons. The monoisotopic (exact) mass is 362 g/mol. The Labute approximate surface area is 139 Å². The number of amides is 1. The van der Waals surface area contributed by atoms with Crippen LogP contribution in [-0.4, -0.2) is 63.8 Å². The Hall–Kier alpha value is -1.29. The molecule has 1 aromatic rings. The normalized spacial score (nSPS) is 19.8. The molecule has 1 fully saturated rings. The van der Waals surface area contributed by atoms with Gasteiger partial charge in [0, 0.05) is 19.1 Å². The number of carbonyl (C=O) groups is 1. The molecule has 10 heteroatoms. The number of thioether (sulfide) groups is 1. The summed E-state index contributed by atoms with van der Waals surface area (Å²) in [6.45, 7) is 4.82. The van der Waals surface area contributed by atoms with Crippen LogP contribution < -0.4 is 5.69 Å². The predicted octanol–water partition coefficient (Wildman–Crippen LogP) is 0.109. The maximum Gasteiger partial charge on any atom is 0.343 e. The summed E-state index contributed by atoms with van der Waals surface area (Å²) in [6.07, 6.45) is 1.29. The molecule has 130 valence electrons. The lowest BCUT2D eigenvalue weighted by atomic mass is 10.2. The van der Waals surface area contributed by atoms with Gasteiger partial charge in [0.05, 0.1) is 17.3 Å². The first kappa shape index (κ1) is 18.1. The summed E-state index contributed by atoms with van der Waals surface area (Å²) in [6, 6.07) is -0.241. The van der Waals surface area contributed by atoms with Gasteiger partial charge < -0.3 is 4.90 Å². The van der Waals surface area contributed by atoms with Gasteiger partial charge in [-0.2, -0.15) is 0 Å². The average molecular weight is 362 g/mol. The van der Waals surface area contributed by atoms with E-state index in [1.165, 1.54) is 16.3 Å². The molecule has 2 rings (SSSR count). The maximum atomic E-state index is 12.4. The van der Waals surface area contributed by atoms with Gasteiger partial charge in [-0.25, -0.2) is 18.3 Å². The summed E-state index contributed by atoms with van der Waals surface area (Å²) < 4.78 is 24.7. The highest BCUT2D eigenvalue weighted by Crippen LogP contribution is 2.20. The van der Waals surface area contributed by atoms with E-state index in [-0.39, 0.29) is 34.9 Å². The zero-order valence-corrected chi connectivity index (χ0v) is 15.0. The van der Waals surface area contributed by atoms with E-state index < -0.39 is 9.84 Å². The fourth-order valence-electron chi connectivity index (χ4n) is 2.70. The van der Waals surface area contributed by atoms with Crippen LogP contribution in [0, 0.1) is 0 Å². The summed E-state index contributed by atoms with van der Waals surface area (Å²) in [5.74, 6) is 0.195. The van der Waals surface area contributed by atoms with Crippen LogP contribution >= 0.6 is 11.8 Å². The second-order valence-corrected chi connectivity index (χ2v) is 8.66. The summed E-state index contributed by atoms with van der Waals surface area (Å²) in [5.41, 5.74) is -0.281. The number of H-pyrrole nitrogens is 1. The number of carbonyl (C=O) groups excluding carboxylic acids is 1. The van der Waals surface area contributed by atoms with E-state index in [1.54, 1.807) is 4.90 Å². The number of nitrogens with one attached hydrogen (secondary N) is 1.